The molecule has 0 saturated carbocycles. The molecule has 0 radical (unpaired) electrons. The summed E-state index contributed by atoms with van der Waals surface area (Å²) < 4.78 is 5.40. The van der Waals surface area contributed by atoms with Crippen LogP contribution >= 0.6 is 11.8 Å². The van der Waals surface area contributed by atoms with Crippen molar-refractivity contribution in [3.63, 3.8) is 0 Å². The monoisotopic (exact) mass is 402 g/mol. The Bertz CT molecular complexity index is 819. The molecular formula is C20H26N4O3S. The van der Waals surface area contributed by atoms with Gasteiger partial charge in [0.25, 0.3) is 0 Å². The standard InChI is InChI=1S/C20H26N4O3S/c1-14-15(13-25)11-17(19(21-14)27-2)22-24-10-9-23(12-18(24)20(26)28-3)16-7-5-4-6-8-16/h4-8,11,18,22,25H,9-10,12-13H2,1-3H3. The van der Waals surface area contributed by atoms with Crippen LogP contribution in [0.2, 0.25) is 0 Å². The Labute approximate surface area is 169 Å². The Hall–Kier alpha value is -2.29. The number of piperazine rings is 1. The molecule has 1 atom stereocenters. The highest BCUT2D eigenvalue weighted by Gasteiger charge is 2.33. The van der Waals surface area contributed by atoms with Gasteiger partial charge in [-0.1, -0.05) is 30.0 Å². The number of hydrogen-bond donors (Lipinski definition) is 2. The zero-order valence-corrected chi connectivity index (χ0v) is 17.2. The zero-order valence-electron chi connectivity index (χ0n) is 16.4. The number of carbonyl (C=O) groups is 1. The normalized spacial score (nSPS) is 17.4. The predicted molar refractivity (Wildman–Crippen MR) is 113 cm³/mol. The van der Waals surface area contributed by atoms with Crippen molar-refractivity contribution in [2.24, 2.45) is 0 Å². The van der Waals surface area contributed by atoms with Crippen molar-refractivity contribution in [1.29, 1.82) is 0 Å². The van der Waals surface area contributed by atoms with E-state index in [1.54, 1.807) is 13.4 Å². The van der Waals surface area contributed by atoms with Gasteiger partial charge < -0.3 is 20.2 Å². The lowest BCUT2D eigenvalue weighted by atomic mass is 10.1. The highest BCUT2D eigenvalue weighted by Crippen LogP contribution is 2.28. The van der Waals surface area contributed by atoms with Crippen LogP contribution in [0, 0.1) is 6.92 Å². The molecule has 3 rings (SSSR count). The van der Waals surface area contributed by atoms with Crippen LogP contribution in [0.25, 0.3) is 0 Å². The van der Waals surface area contributed by atoms with E-state index in [1.807, 2.05) is 36.2 Å². The molecule has 1 aromatic heterocycles. The lowest BCUT2D eigenvalue weighted by Crippen LogP contribution is -2.58. The van der Waals surface area contributed by atoms with Crippen molar-refractivity contribution in [2.45, 2.75) is 19.6 Å². The van der Waals surface area contributed by atoms with Crippen LogP contribution in [0.1, 0.15) is 11.3 Å². The lowest BCUT2D eigenvalue weighted by Gasteiger charge is -2.41. The third kappa shape index (κ3) is 4.40. The summed E-state index contributed by atoms with van der Waals surface area (Å²) in [6.45, 7) is 3.75. The quantitative estimate of drug-likeness (QED) is 0.762. The number of ether oxygens (including phenoxy) is 1. The van der Waals surface area contributed by atoms with Gasteiger partial charge >= 0.3 is 0 Å². The lowest BCUT2D eigenvalue weighted by molar-refractivity contribution is -0.115. The van der Waals surface area contributed by atoms with Crippen molar-refractivity contribution < 1.29 is 14.6 Å². The van der Waals surface area contributed by atoms with E-state index in [0.29, 0.717) is 24.7 Å². The number of nitrogens with zero attached hydrogens (tertiary/aromatic N) is 3. The molecule has 2 heterocycles. The maximum atomic E-state index is 12.6. The van der Waals surface area contributed by atoms with E-state index < -0.39 is 0 Å². The molecule has 1 aliphatic rings. The number of carbonyl (C=O) groups excluding carboxylic acids is 1. The molecule has 1 aliphatic heterocycles. The molecule has 7 nitrogen and oxygen atoms in total. The summed E-state index contributed by atoms with van der Waals surface area (Å²) in [6, 6.07) is 11.6. The number of pyridine rings is 1. The fourth-order valence-corrected chi connectivity index (χ4v) is 3.78. The van der Waals surface area contributed by atoms with Crippen LogP contribution in [0.5, 0.6) is 5.88 Å². The van der Waals surface area contributed by atoms with Gasteiger partial charge in [-0.25, -0.2) is 9.99 Å². The van der Waals surface area contributed by atoms with Gasteiger partial charge in [-0.3, -0.25) is 4.79 Å². The summed E-state index contributed by atoms with van der Waals surface area (Å²) in [5.41, 5.74) is 6.51. The Kier molecular flexibility index (Phi) is 6.77. The van der Waals surface area contributed by atoms with Crippen molar-refractivity contribution >= 4 is 28.3 Å². The highest BCUT2D eigenvalue weighted by molar-refractivity contribution is 8.13. The first kappa shape index (κ1) is 20.4. The molecule has 1 unspecified atom stereocenters. The summed E-state index contributed by atoms with van der Waals surface area (Å²) in [4.78, 5) is 19.3. The van der Waals surface area contributed by atoms with E-state index in [1.165, 1.54) is 11.8 Å². The molecule has 2 N–H and O–H groups in total. The van der Waals surface area contributed by atoms with Gasteiger partial charge in [0.2, 0.25) is 11.0 Å². The van der Waals surface area contributed by atoms with Crippen LogP contribution in [-0.2, 0) is 11.4 Å². The Balaban J connectivity index is 1.84. The SMILES string of the molecule is COc1nc(C)c(CO)cc1NN1CCN(c2ccccc2)CC1C(=O)SC. The number of hydrazine groups is 1. The molecule has 150 valence electrons. The maximum Gasteiger partial charge on any atom is 0.238 e. The number of nitrogens with one attached hydrogen (secondary N) is 1. The first-order valence-electron chi connectivity index (χ1n) is 9.13. The molecule has 1 saturated heterocycles. The summed E-state index contributed by atoms with van der Waals surface area (Å²) in [5, 5.41) is 11.6. The van der Waals surface area contributed by atoms with E-state index in [2.05, 4.69) is 27.4 Å². The number of para-hydroxylation sites is 1. The number of aryl methyl sites for hydroxylation is 1. The molecule has 1 aromatic carbocycles. The number of benzene rings is 1. The minimum atomic E-state index is -0.326. The van der Waals surface area contributed by atoms with E-state index in [9.17, 15) is 9.90 Å². The first-order chi connectivity index (χ1) is 13.6. The second-order valence-electron chi connectivity index (χ2n) is 6.57. The second kappa shape index (κ2) is 9.27. The summed E-state index contributed by atoms with van der Waals surface area (Å²) in [7, 11) is 1.56. The predicted octanol–water partition coefficient (Wildman–Crippen LogP) is 2.30. The van der Waals surface area contributed by atoms with E-state index in [0.717, 1.165) is 23.5 Å². The number of rotatable bonds is 6. The van der Waals surface area contributed by atoms with Gasteiger partial charge in [0.15, 0.2) is 0 Å². The third-order valence-corrected chi connectivity index (χ3v) is 5.56. The molecule has 8 heteroatoms. The van der Waals surface area contributed by atoms with Crippen LogP contribution in [-0.4, -0.2) is 59.3 Å². The summed E-state index contributed by atoms with van der Waals surface area (Å²) in [6.07, 6.45) is 1.81. The van der Waals surface area contributed by atoms with Crippen molar-refractivity contribution in [1.82, 2.24) is 9.99 Å². The third-order valence-electron chi connectivity index (χ3n) is 4.89. The first-order valence-corrected chi connectivity index (χ1v) is 10.4. The Morgan fingerprint density at radius 2 is 2.11 bits per heavy atom. The average Bonchev–Trinajstić information content (AvgIpc) is 2.74. The van der Waals surface area contributed by atoms with Crippen LogP contribution in [0.3, 0.4) is 0 Å². The molecule has 1 fully saturated rings. The molecule has 2 aromatic rings. The van der Waals surface area contributed by atoms with Gasteiger partial charge in [0.05, 0.1) is 13.7 Å². The fourth-order valence-electron chi connectivity index (χ4n) is 3.30. The molecule has 0 bridgehead atoms. The number of aliphatic hydroxyl groups is 1. The van der Waals surface area contributed by atoms with Gasteiger partial charge in [0.1, 0.15) is 11.7 Å². The van der Waals surface area contributed by atoms with Crippen molar-refractivity contribution in [3.05, 3.63) is 47.7 Å². The number of hydrogen-bond acceptors (Lipinski definition) is 8. The molecule has 28 heavy (non-hydrogen) atoms. The minimum absolute atomic E-state index is 0.0922. The van der Waals surface area contributed by atoms with Crippen molar-refractivity contribution in [3.8, 4) is 5.88 Å². The van der Waals surface area contributed by atoms with E-state index >= 15 is 0 Å². The number of aromatic nitrogens is 1. The van der Waals surface area contributed by atoms with Crippen LogP contribution < -0.4 is 15.1 Å². The van der Waals surface area contributed by atoms with Crippen LogP contribution in [0.4, 0.5) is 11.4 Å². The Morgan fingerprint density at radius 1 is 1.36 bits per heavy atom. The highest BCUT2D eigenvalue weighted by atomic mass is 32.2. The molecular weight excluding hydrogens is 376 g/mol. The van der Waals surface area contributed by atoms with E-state index in [4.69, 9.17) is 4.74 Å². The van der Waals surface area contributed by atoms with E-state index in [-0.39, 0.29) is 17.8 Å². The van der Waals surface area contributed by atoms with Crippen molar-refractivity contribution in [2.75, 3.05) is 43.3 Å². The topological polar surface area (TPSA) is 77.9 Å². The average molecular weight is 403 g/mol. The second-order valence-corrected chi connectivity index (χ2v) is 7.38. The molecule has 0 spiro atoms. The minimum Gasteiger partial charge on any atom is -0.479 e. The van der Waals surface area contributed by atoms with Gasteiger partial charge in [-0.05, 0) is 31.4 Å². The molecule has 0 aliphatic carbocycles. The number of anilines is 2. The smallest absolute Gasteiger partial charge is 0.238 e. The largest absolute Gasteiger partial charge is 0.479 e. The number of thioether (sulfide) groups is 1. The van der Waals surface area contributed by atoms with Gasteiger partial charge in [-0.2, -0.15) is 0 Å². The molecule has 0 amide bonds. The van der Waals surface area contributed by atoms with Crippen LogP contribution in [0.15, 0.2) is 36.4 Å². The maximum absolute atomic E-state index is 12.6. The summed E-state index contributed by atoms with van der Waals surface area (Å²) in [5.74, 6) is 0.440. The zero-order chi connectivity index (χ0) is 20.1. The fraction of sp³-hybridized carbons (Fsp3) is 0.400. The van der Waals surface area contributed by atoms with Gasteiger partial charge in [0, 0.05) is 36.6 Å². The number of aliphatic hydroxyl groups excluding tert-OH is 1. The Morgan fingerprint density at radius 3 is 2.75 bits per heavy atom. The van der Waals surface area contributed by atoms with Gasteiger partial charge in [-0.15, -0.1) is 0 Å². The number of methoxy groups -OCH3 is 1. The summed E-state index contributed by atoms with van der Waals surface area (Å²) >= 11 is 1.23.